The van der Waals surface area contributed by atoms with Gasteiger partial charge in [-0.3, -0.25) is 0 Å². The van der Waals surface area contributed by atoms with Crippen LogP contribution in [0, 0.1) is 6.92 Å². The van der Waals surface area contributed by atoms with E-state index in [0.717, 1.165) is 5.56 Å². The summed E-state index contributed by atoms with van der Waals surface area (Å²) in [6.07, 6.45) is 0. The van der Waals surface area contributed by atoms with Crippen molar-refractivity contribution in [1.29, 1.82) is 0 Å². The van der Waals surface area contributed by atoms with Crippen LogP contribution in [0.3, 0.4) is 0 Å². The predicted molar refractivity (Wildman–Crippen MR) is 97.0 cm³/mol. The summed E-state index contributed by atoms with van der Waals surface area (Å²) in [5, 5.41) is 11.0. The van der Waals surface area contributed by atoms with E-state index in [-0.39, 0.29) is 4.90 Å². The number of nitrogens with one attached hydrogen (secondary N) is 1. The second-order valence-electron chi connectivity index (χ2n) is 5.65. The van der Waals surface area contributed by atoms with Gasteiger partial charge in [0.2, 0.25) is 21.7 Å². The van der Waals surface area contributed by atoms with E-state index in [4.69, 9.17) is 4.52 Å². The molecule has 0 atom stereocenters. The van der Waals surface area contributed by atoms with Crippen molar-refractivity contribution < 1.29 is 12.9 Å². The van der Waals surface area contributed by atoms with Crippen LogP contribution in [-0.2, 0) is 16.6 Å². The standard InChI is InChI=1S/C16H18N4O3S2/c1-11-4-5-13(8-14(11)25(21,22)20(2)3)17-9-15-18-16(19-23-15)12-6-7-24-10-12/h4-8,10,17H,9H2,1-3H3. The summed E-state index contributed by atoms with van der Waals surface area (Å²) in [7, 11) is -0.469. The molecule has 132 valence electrons. The molecule has 2 aromatic heterocycles. The second kappa shape index (κ2) is 6.95. The lowest BCUT2D eigenvalue weighted by Gasteiger charge is -2.15. The Morgan fingerprint density at radius 1 is 1.28 bits per heavy atom. The zero-order valence-electron chi connectivity index (χ0n) is 14.1. The molecular weight excluding hydrogens is 360 g/mol. The Balaban J connectivity index is 1.76. The molecule has 25 heavy (non-hydrogen) atoms. The van der Waals surface area contributed by atoms with Gasteiger partial charge in [-0.1, -0.05) is 11.2 Å². The Hall–Kier alpha value is -2.23. The number of sulfonamides is 1. The van der Waals surface area contributed by atoms with Crippen LogP contribution in [0.2, 0.25) is 0 Å². The first kappa shape index (κ1) is 17.6. The fourth-order valence-corrected chi connectivity index (χ4v) is 3.98. The van der Waals surface area contributed by atoms with E-state index in [1.54, 1.807) is 30.4 Å². The van der Waals surface area contributed by atoms with Crippen LogP contribution in [0.25, 0.3) is 11.4 Å². The van der Waals surface area contributed by atoms with Gasteiger partial charge in [0.25, 0.3) is 0 Å². The van der Waals surface area contributed by atoms with Crippen molar-refractivity contribution in [2.45, 2.75) is 18.4 Å². The molecule has 0 saturated heterocycles. The molecule has 0 aliphatic heterocycles. The number of nitrogens with zero attached hydrogens (tertiary/aromatic N) is 3. The lowest BCUT2D eigenvalue weighted by atomic mass is 10.2. The molecule has 3 rings (SSSR count). The number of hydrogen-bond donors (Lipinski definition) is 1. The number of benzene rings is 1. The highest BCUT2D eigenvalue weighted by atomic mass is 32.2. The molecule has 0 radical (unpaired) electrons. The van der Waals surface area contributed by atoms with Gasteiger partial charge in [0.05, 0.1) is 11.4 Å². The molecule has 3 aromatic rings. The third-order valence-corrected chi connectivity index (χ3v) is 6.28. The fourth-order valence-electron chi connectivity index (χ4n) is 2.20. The van der Waals surface area contributed by atoms with Crippen LogP contribution in [-0.4, -0.2) is 37.0 Å². The normalized spacial score (nSPS) is 11.8. The lowest BCUT2D eigenvalue weighted by Crippen LogP contribution is -2.23. The molecule has 9 heteroatoms. The quantitative estimate of drug-likeness (QED) is 0.709. The lowest BCUT2D eigenvalue weighted by molar-refractivity contribution is 0.384. The van der Waals surface area contributed by atoms with E-state index < -0.39 is 10.0 Å². The van der Waals surface area contributed by atoms with Crippen molar-refractivity contribution in [3.8, 4) is 11.4 Å². The van der Waals surface area contributed by atoms with Crippen LogP contribution in [0.15, 0.2) is 44.4 Å². The summed E-state index contributed by atoms with van der Waals surface area (Å²) < 4.78 is 31.2. The van der Waals surface area contributed by atoms with E-state index in [1.807, 2.05) is 22.9 Å². The maximum Gasteiger partial charge on any atom is 0.246 e. The second-order valence-corrected chi connectivity index (χ2v) is 8.55. The fraction of sp³-hybridized carbons (Fsp3) is 0.250. The van der Waals surface area contributed by atoms with Gasteiger partial charge in [0.1, 0.15) is 0 Å². The minimum atomic E-state index is -3.50. The van der Waals surface area contributed by atoms with Crippen molar-refractivity contribution in [1.82, 2.24) is 14.4 Å². The maximum absolute atomic E-state index is 12.4. The number of hydrogen-bond acceptors (Lipinski definition) is 7. The van der Waals surface area contributed by atoms with Gasteiger partial charge in [-0.2, -0.15) is 16.3 Å². The first-order chi connectivity index (χ1) is 11.9. The van der Waals surface area contributed by atoms with Gasteiger partial charge in [-0.15, -0.1) is 0 Å². The van der Waals surface area contributed by atoms with E-state index >= 15 is 0 Å². The topological polar surface area (TPSA) is 88.3 Å². The monoisotopic (exact) mass is 378 g/mol. The average molecular weight is 378 g/mol. The zero-order valence-corrected chi connectivity index (χ0v) is 15.7. The van der Waals surface area contributed by atoms with Gasteiger partial charge in [0, 0.05) is 30.7 Å². The summed E-state index contributed by atoms with van der Waals surface area (Å²) in [6.45, 7) is 2.08. The van der Waals surface area contributed by atoms with Gasteiger partial charge in [-0.05, 0) is 36.1 Å². The molecule has 0 aliphatic rings. The number of aryl methyl sites for hydroxylation is 1. The molecule has 0 spiro atoms. The van der Waals surface area contributed by atoms with Crippen molar-refractivity contribution in [3.05, 3.63) is 46.5 Å². The highest BCUT2D eigenvalue weighted by Gasteiger charge is 2.20. The van der Waals surface area contributed by atoms with Gasteiger partial charge in [0.15, 0.2) is 0 Å². The summed E-state index contributed by atoms with van der Waals surface area (Å²) in [5.41, 5.74) is 2.27. The van der Waals surface area contributed by atoms with E-state index in [2.05, 4.69) is 15.5 Å². The molecule has 1 N–H and O–H groups in total. The SMILES string of the molecule is Cc1ccc(NCc2nc(-c3ccsc3)no2)cc1S(=O)(=O)N(C)C. The van der Waals surface area contributed by atoms with Crippen LogP contribution in [0.4, 0.5) is 5.69 Å². The Morgan fingerprint density at radius 3 is 2.76 bits per heavy atom. The third kappa shape index (κ3) is 3.73. The number of thiophene rings is 1. The average Bonchev–Trinajstić information content (AvgIpc) is 3.25. The van der Waals surface area contributed by atoms with Crippen molar-refractivity contribution >= 4 is 27.0 Å². The zero-order chi connectivity index (χ0) is 18.0. The van der Waals surface area contributed by atoms with E-state index in [1.165, 1.54) is 18.4 Å². The van der Waals surface area contributed by atoms with E-state index in [9.17, 15) is 8.42 Å². The van der Waals surface area contributed by atoms with Crippen molar-refractivity contribution in [2.24, 2.45) is 0 Å². The number of aromatic nitrogens is 2. The molecule has 1 aromatic carbocycles. The van der Waals surface area contributed by atoms with Gasteiger partial charge in [-0.25, -0.2) is 12.7 Å². The molecule has 0 bridgehead atoms. The first-order valence-corrected chi connectivity index (χ1v) is 9.88. The molecule has 2 heterocycles. The van der Waals surface area contributed by atoms with Crippen LogP contribution < -0.4 is 5.32 Å². The van der Waals surface area contributed by atoms with Gasteiger partial charge < -0.3 is 9.84 Å². The Bertz CT molecular complexity index is 963. The molecular formula is C16H18N4O3S2. The molecule has 0 amide bonds. The Morgan fingerprint density at radius 2 is 2.08 bits per heavy atom. The highest BCUT2D eigenvalue weighted by Crippen LogP contribution is 2.23. The minimum absolute atomic E-state index is 0.270. The molecule has 0 fully saturated rings. The Labute approximate surface area is 150 Å². The summed E-state index contributed by atoms with van der Waals surface area (Å²) in [6, 6.07) is 7.12. The molecule has 0 saturated carbocycles. The summed E-state index contributed by atoms with van der Waals surface area (Å²) in [5.74, 6) is 0.969. The maximum atomic E-state index is 12.4. The van der Waals surface area contributed by atoms with Crippen LogP contribution >= 0.6 is 11.3 Å². The van der Waals surface area contributed by atoms with Crippen molar-refractivity contribution in [3.63, 3.8) is 0 Å². The van der Waals surface area contributed by atoms with Crippen molar-refractivity contribution in [2.75, 3.05) is 19.4 Å². The smallest absolute Gasteiger partial charge is 0.246 e. The predicted octanol–water partition coefficient (Wildman–Crippen LogP) is 2.97. The largest absolute Gasteiger partial charge is 0.376 e. The van der Waals surface area contributed by atoms with E-state index in [0.29, 0.717) is 29.5 Å². The molecule has 0 aliphatic carbocycles. The minimum Gasteiger partial charge on any atom is -0.376 e. The number of rotatable bonds is 6. The third-order valence-electron chi connectivity index (χ3n) is 3.64. The summed E-state index contributed by atoms with van der Waals surface area (Å²) >= 11 is 1.56. The number of anilines is 1. The molecule has 7 nitrogen and oxygen atoms in total. The highest BCUT2D eigenvalue weighted by molar-refractivity contribution is 7.89. The van der Waals surface area contributed by atoms with Crippen LogP contribution in [0.5, 0.6) is 0 Å². The van der Waals surface area contributed by atoms with Gasteiger partial charge >= 0.3 is 0 Å². The molecule has 0 unspecified atom stereocenters. The Kier molecular flexibility index (Phi) is 4.89. The van der Waals surface area contributed by atoms with Crippen LogP contribution in [0.1, 0.15) is 11.5 Å². The summed E-state index contributed by atoms with van der Waals surface area (Å²) in [4.78, 5) is 4.60. The first-order valence-electron chi connectivity index (χ1n) is 7.50.